The Morgan fingerprint density at radius 2 is 1.95 bits per heavy atom. The second-order valence-corrected chi connectivity index (χ2v) is 7.96. The molecular formula is C16H20N2OS2. The molecule has 2 aromatic heterocycles. The number of thioether (sulfide) groups is 1. The summed E-state index contributed by atoms with van der Waals surface area (Å²) in [7, 11) is 0. The largest absolute Gasteiger partial charge is 0.284 e. The van der Waals surface area contributed by atoms with Gasteiger partial charge in [0.25, 0.3) is 5.56 Å². The maximum absolute atomic E-state index is 13.1. The number of nitrogens with zero attached hydrogens (tertiary/aromatic N) is 2. The van der Waals surface area contributed by atoms with Gasteiger partial charge in [0.1, 0.15) is 4.83 Å². The van der Waals surface area contributed by atoms with Gasteiger partial charge in [-0.2, -0.15) is 0 Å². The van der Waals surface area contributed by atoms with Gasteiger partial charge in [-0.3, -0.25) is 9.36 Å². The van der Waals surface area contributed by atoms with Gasteiger partial charge >= 0.3 is 0 Å². The highest BCUT2D eigenvalue weighted by Crippen LogP contribution is 2.36. The Bertz CT molecular complexity index is 741. The van der Waals surface area contributed by atoms with Crippen molar-refractivity contribution in [1.29, 1.82) is 0 Å². The van der Waals surface area contributed by atoms with Crippen LogP contribution in [0.25, 0.3) is 10.2 Å². The summed E-state index contributed by atoms with van der Waals surface area (Å²) in [6.45, 7) is 0. The molecule has 0 atom stereocenters. The maximum Gasteiger partial charge on any atom is 0.263 e. The molecule has 0 amide bonds. The second kappa shape index (κ2) is 5.43. The van der Waals surface area contributed by atoms with Crippen molar-refractivity contribution in [3.8, 4) is 0 Å². The number of thiophene rings is 1. The van der Waals surface area contributed by atoms with Crippen LogP contribution < -0.4 is 5.56 Å². The molecule has 2 heterocycles. The first-order valence-corrected chi connectivity index (χ1v) is 9.94. The Morgan fingerprint density at radius 1 is 1.19 bits per heavy atom. The summed E-state index contributed by atoms with van der Waals surface area (Å²) < 4.78 is 2.02. The lowest BCUT2D eigenvalue weighted by Crippen LogP contribution is -2.26. The molecule has 21 heavy (non-hydrogen) atoms. The Labute approximate surface area is 132 Å². The van der Waals surface area contributed by atoms with E-state index in [4.69, 9.17) is 4.98 Å². The molecule has 4 rings (SSSR count). The third kappa shape index (κ3) is 2.16. The van der Waals surface area contributed by atoms with Crippen LogP contribution in [0.15, 0.2) is 9.95 Å². The molecule has 1 fully saturated rings. The zero-order valence-electron chi connectivity index (χ0n) is 12.4. The van der Waals surface area contributed by atoms with Crippen molar-refractivity contribution >= 4 is 33.3 Å². The first kappa shape index (κ1) is 13.8. The highest BCUT2D eigenvalue weighted by molar-refractivity contribution is 7.98. The molecule has 0 radical (unpaired) electrons. The van der Waals surface area contributed by atoms with Crippen LogP contribution in [-0.2, 0) is 12.8 Å². The molecule has 0 N–H and O–H groups in total. The van der Waals surface area contributed by atoms with Gasteiger partial charge in [0.15, 0.2) is 5.16 Å². The number of hydrogen-bond acceptors (Lipinski definition) is 4. The molecule has 0 spiro atoms. The molecular weight excluding hydrogens is 300 g/mol. The lowest BCUT2D eigenvalue weighted by atomic mass is 9.97. The highest BCUT2D eigenvalue weighted by Gasteiger charge is 2.26. The first-order valence-electron chi connectivity index (χ1n) is 7.90. The Hall–Kier alpha value is -0.810. The molecule has 5 heteroatoms. The molecule has 2 aliphatic rings. The average molecular weight is 320 g/mol. The van der Waals surface area contributed by atoms with Crippen molar-refractivity contribution in [2.45, 2.75) is 62.6 Å². The molecule has 0 unspecified atom stereocenters. The van der Waals surface area contributed by atoms with Crippen LogP contribution >= 0.6 is 23.1 Å². The van der Waals surface area contributed by atoms with Gasteiger partial charge in [0.05, 0.1) is 5.39 Å². The van der Waals surface area contributed by atoms with E-state index in [1.54, 1.807) is 23.1 Å². The maximum atomic E-state index is 13.1. The summed E-state index contributed by atoms with van der Waals surface area (Å²) in [4.78, 5) is 20.4. The third-order valence-electron chi connectivity index (χ3n) is 4.86. The molecule has 1 saturated carbocycles. The van der Waals surface area contributed by atoms with Gasteiger partial charge in [-0.15, -0.1) is 11.3 Å². The summed E-state index contributed by atoms with van der Waals surface area (Å²) >= 11 is 3.37. The zero-order chi connectivity index (χ0) is 14.4. The topological polar surface area (TPSA) is 34.9 Å². The smallest absolute Gasteiger partial charge is 0.263 e. The molecule has 2 aromatic rings. The fourth-order valence-electron chi connectivity index (χ4n) is 3.83. The van der Waals surface area contributed by atoms with Crippen molar-refractivity contribution < 1.29 is 0 Å². The summed E-state index contributed by atoms with van der Waals surface area (Å²) in [6.07, 6.45) is 11.4. The zero-order valence-corrected chi connectivity index (χ0v) is 14.0. The van der Waals surface area contributed by atoms with Crippen molar-refractivity contribution in [2.24, 2.45) is 0 Å². The first-order chi connectivity index (χ1) is 10.3. The lowest BCUT2D eigenvalue weighted by Gasteiger charge is -2.17. The van der Waals surface area contributed by atoms with E-state index in [9.17, 15) is 4.79 Å². The number of hydrogen-bond donors (Lipinski definition) is 0. The van der Waals surface area contributed by atoms with Crippen LogP contribution in [0.5, 0.6) is 0 Å². The second-order valence-electron chi connectivity index (χ2n) is 6.10. The number of fused-ring (bicyclic) bond motifs is 3. The minimum absolute atomic E-state index is 0.232. The van der Waals surface area contributed by atoms with E-state index in [1.165, 1.54) is 36.1 Å². The van der Waals surface area contributed by atoms with E-state index in [-0.39, 0.29) is 5.56 Å². The predicted molar refractivity (Wildman–Crippen MR) is 89.8 cm³/mol. The predicted octanol–water partition coefficient (Wildman–Crippen LogP) is 4.17. The Kier molecular flexibility index (Phi) is 3.58. The molecule has 0 aromatic carbocycles. The summed E-state index contributed by atoms with van der Waals surface area (Å²) in [5, 5.41) is 1.86. The van der Waals surface area contributed by atoms with E-state index in [2.05, 4.69) is 0 Å². The minimum atomic E-state index is 0.232. The van der Waals surface area contributed by atoms with E-state index >= 15 is 0 Å². The van der Waals surface area contributed by atoms with Crippen molar-refractivity contribution in [2.75, 3.05) is 6.26 Å². The van der Waals surface area contributed by atoms with Crippen LogP contribution in [0.1, 0.15) is 55.0 Å². The fourth-order valence-corrected chi connectivity index (χ4v) is 5.75. The number of aromatic nitrogens is 2. The van der Waals surface area contributed by atoms with Crippen LogP contribution in [0.4, 0.5) is 0 Å². The van der Waals surface area contributed by atoms with Crippen LogP contribution in [0.2, 0.25) is 0 Å². The van der Waals surface area contributed by atoms with Crippen molar-refractivity contribution in [3.05, 3.63) is 20.8 Å². The van der Waals surface area contributed by atoms with E-state index in [1.807, 2.05) is 10.8 Å². The van der Waals surface area contributed by atoms with Gasteiger partial charge in [0, 0.05) is 10.9 Å². The number of aryl methyl sites for hydroxylation is 2. The average Bonchev–Trinajstić information content (AvgIpc) is 3.13. The Morgan fingerprint density at radius 3 is 2.71 bits per heavy atom. The minimum Gasteiger partial charge on any atom is -0.284 e. The molecule has 0 bridgehead atoms. The SMILES string of the molecule is CSc1nc2sc3c(c2c(=O)n1C1CCCC1)CCCC3. The monoisotopic (exact) mass is 320 g/mol. The molecule has 3 nitrogen and oxygen atoms in total. The summed E-state index contributed by atoms with van der Waals surface area (Å²) in [6, 6.07) is 0.371. The summed E-state index contributed by atoms with van der Waals surface area (Å²) in [5.41, 5.74) is 1.55. The van der Waals surface area contributed by atoms with Crippen molar-refractivity contribution in [3.63, 3.8) is 0 Å². The number of rotatable bonds is 2. The Balaban J connectivity index is 1.99. The van der Waals surface area contributed by atoms with E-state index in [0.717, 1.165) is 41.1 Å². The lowest BCUT2D eigenvalue weighted by molar-refractivity contribution is 0.458. The normalized spacial score (nSPS) is 19.3. The third-order valence-corrected chi connectivity index (χ3v) is 6.70. The van der Waals surface area contributed by atoms with Gasteiger partial charge in [-0.25, -0.2) is 4.98 Å². The van der Waals surface area contributed by atoms with E-state index < -0.39 is 0 Å². The molecule has 2 aliphatic carbocycles. The van der Waals surface area contributed by atoms with Gasteiger partial charge in [0.2, 0.25) is 0 Å². The molecule has 0 saturated heterocycles. The summed E-state index contributed by atoms with van der Waals surface area (Å²) in [5.74, 6) is 0. The quantitative estimate of drug-likeness (QED) is 0.615. The highest BCUT2D eigenvalue weighted by atomic mass is 32.2. The van der Waals surface area contributed by atoms with Gasteiger partial charge in [-0.1, -0.05) is 24.6 Å². The van der Waals surface area contributed by atoms with Crippen LogP contribution in [-0.4, -0.2) is 15.8 Å². The van der Waals surface area contributed by atoms with Gasteiger partial charge in [-0.05, 0) is 50.3 Å². The van der Waals surface area contributed by atoms with Crippen LogP contribution in [0, 0.1) is 0 Å². The fraction of sp³-hybridized carbons (Fsp3) is 0.625. The van der Waals surface area contributed by atoms with Crippen molar-refractivity contribution in [1.82, 2.24) is 9.55 Å². The molecule has 0 aliphatic heterocycles. The molecule has 112 valence electrons. The van der Waals surface area contributed by atoms with E-state index in [0.29, 0.717) is 6.04 Å². The standard InChI is InChI=1S/C16H20N2OS2/c1-20-16-17-14-13(11-8-4-5-9-12(11)21-14)15(19)18(16)10-6-2-3-7-10/h10H,2-9H2,1H3. The van der Waals surface area contributed by atoms with Gasteiger partial charge < -0.3 is 0 Å². The van der Waals surface area contributed by atoms with Crippen LogP contribution in [0.3, 0.4) is 0 Å².